The van der Waals surface area contributed by atoms with E-state index in [0.29, 0.717) is 0 Å². The van der Waals surface area contributed by atoms with E-state index in [2.05, 4.69) is 31.2 Å². The van der Waals surface area contributed by atoms with E-state index in [1.165, 1.54) is 17.2 Å². The second-order valence-corrected chi connectivity index (χ2v) is 3.18. The molecule has 0 amide bonds. The maximum Gasteiger partial charge on any atom is 0.142 e. The maximum absolute atomic E-state index is 9.95. The lowest BCUT2D eigenvalue weighted by Gasteiger charge is -1.92. The van der Waals surface area contributed by atoms with Crippen LogP contribution in [0.5, 0.6) is 0 Å². The van der Waals surface area contributed by atoms with Gasteiger partial charge in [0.2, 0.25) is 0 Å². The van der Waals surface area contributed by atoms with Crippen LogP contribution < -0.4 is 0 Å². The number of aldehydes is 1. The zero-order chi connectivity index (χ0) is 10.9. The van der Waals surface area contributed by atoms with E-state index in [1.807, 2.05) is 24.3 Å². The minimum absolute atomic E-state index is 0.758. The monoisotopic (exact) mass is 198 g/mol. The Morgan fingerprint density at radius 1 is 0.867 bits per heavy atom. The van der Waals surface area contributed by atoms with Crippen LogP contribution in [0.2, 0.25) is 0 Å². The van der Waals surface area contributed by atoms with Gasteiger partial charge in [-0.2, -0.15) is 0 Å². The number of allylic oxidation sites excluding steroid dienone is 5. The third kappa shape index (κ3) is 4.77. The summed E-state index contributed by atoms with van der Waals surface area (Å²) in [6.45, 7) is 2.07. The Morgan fingerprint density at radius 2 is 1.47 bits per heavy atom. The quantitative estimate of drug-likeness (QED) is 0.412. The summed E-state index contributed by atoms with van der Waals surface area (Å²) >= 11 is 0. The molecule has 0 spiro atoms. The summed E-state index contributed by atoms with van der Waals surface area (Å²) in [7, 11) is 0. The van der Waals surface area contributed by atoms with E-state index in [-0.39, 0.29) is 0 Å². The van der Waals surface area contributed by atoms with Gasteiger partial charge in [-0.3, -0.25) is 4.79 Å². The Labute approximate surface area is 90.4 Å². The van der Waals surface area contributed by atoms with Gasteiger partial charge in [0, 0.05) is 0 Å². The third-order valence-electron chi connectivity index (χ3n) is 1.89. The molecule has 0 bridgehead atoms. The van der Waals surface area contributed by atoms with Crippen LogP contribution in [-0.2, 0) is 4.79 Å². The van der Waals surface area contributed by atoms with Crippen molar-refractivity contribution in [2.24, 2.45) is 0 Å². The van der Waals surface area contributed by atoms with Crippen molar-refractivity contribution >= 4 is 12.4 Å². The number of hydrogen-bond acceptors (Lipinski definition) is 1. The van der Waals surface area contributed by atoms with E-state index in [0.717, 1.165) is 6.29 Å². The lowest BCUT2D eigenvalue weighted by Crippen LogP contribution is -1.72. The Morgan fingerprint density at radius 3 is 2.13 bits per heavy atom. The average Bonchev–Trinajstić information content (AvgIpc) is 2.26. The molecule has 0 aromatic heterocycles. The number of aryl methyl sites for hydroxylation is 1. The summed E-state index contributed by atoms with van der Waals surface area (Å²) in [5.74, 6) is 0. The fourth-order valence-corrected chi connectivity index (χ4v) is 1.08. The minimum Gasteiger partial charge on any atom is -0.299 e. The summed E-state index contributed by atoms with van der Waals surface area (Å²) in [4.78, 5) is 9.95. The topological polar surface area (TPSA) is 17.1 Å². The summed E-state index contributed by atoms with van der Waals surface area (Å²) in [5.41, 5.74) is 2.43. The van der Waals surface area contributed by atoms with Gasteiger partial charge < -0.3 is 0 Å². The molecule has 0 aliphatic carbocycles. The second-order valence-electron chi connectivity index (χ2n) is 3.18. The highest BCUT2D eigenvalue weighted by molar-refractivity contribution is 5.65. The van der Waals surface area contributed by atoms with Crippen molar-refractivity contribution in [3.63, 3.8) is 0 Å². The van der Waals surface area contributed by atoms with Gasteiger partial charge in [0.25, 0.3) is 0 Å². The van der Waals surface area contributed by atoms with E-state index in [9.17, 15) is 4.79 Å². The highest BCUT2D eigenvalue weighted by Gasteiger charge is 1.83. The normalized spacial score (nSPS) is 11.8. The molecule has 1 aromatic rings. The Kier molecular flexibility index (Phi) is 4.88. The molecule has 1 nitrogen and oxygen atoms in total. The van der Waals surface area contributed by atoms with Crippen LogP contribution in [-0.4, -0.2) is 6.29 Å². The van der Waals surface area contributed by atoms with Gasteiger partial charge in [-0.15, -0.1) is 0 Å². The smallest absolute Gasteiger partial charge is 0.142 e. The molecule has 0 unspecified atom stereocenters. The molecule has 1 rings (SSSR count). The molecule has 15 heavy (non-hydrogen) atoms. The van der Waals surface area contributed by atoms with Crippen LogP contribution in [0.3, 0.4) is 0 Å². The lowest BCUT2D eigenvalue weighted by atomic mass is 10.1. The van der Waals surface area contributed by atoms with Gasteiger partial charge in [0.15, 0.2) is 0 Å². The highest BCUT2D eigenvalue weighted by Crippen LogP contribution is 2.04. The molecule has 0 aliphatic heterocycles. The lowest BCUT2D eigenvalue weighted by molar-refractivity contribution is -0.104. The third-order valence-corrected chi connectivity index (χ3v) is 1.89. The summed E-state index contributed by atoms with van der Waals surface area (Å²) < 4.78 is 0. The molecule has 1 aromatic carbocycles. The first-order valence-electron chi connectivity index (χ1n) is 4.85. The molecule has 1 heteroatoms. The molecule has 76 valence electrons. The van der Waals surface area contributed by atoms with Gasteiger partial charge >= 0.3 is 0 Å². The number of benzene rings is 1. The standard InChI is InChI=1S/C14H14O/c1-13-8-10-14(11-9-13)7-5-3-2-4-6-12-15/h2-12H,1H3. The first-order valence-corrected chi connectivity index (χ1v) is 4.85. The fourth-order valence-electron chi connectivity index (χ4n) is 1.08. The van der Waals surface area contributed by atoms with Crippen molar-refractivity contribution in [1.29, 1.82) is 0 Å². The van der Waals surface area contributed by atoms with Crippen molar-refractivity contribution in [2.75, 3.05) is 0 Å². The van der Waals surface area contributed by atoms with Crippen LogP contribution in [0.25, 0.3) is 6.08 Å². The predicted octanol–water partition coefficient (Wildman–Crippen LogP) is 3.32. The number of rotatable bonds is 4. The van der Waals surface area contributed by atoms with Crippen molar-refractivity contribution in [1.82, 2.24) is 0 Å². The van der Waals surface area contributed by atoms with E-state index in [1.54, 1.807) is 6.08 Å². The van der Waals surface area contributed by atoms with Crippen molar-refractivity contribution < 1.29 is 4.79 Å². The molecule has 0 radical (unpaired) electrons. The summed E-state index contributed by atoms with van der Waals surface area (Å²) in [6.07, 6.45) is 11.6. The number of hydrogen-bond donors (Lipinski definition) is 0. The zero-order valence-corrected chi connectivity index (χ0v) is 8.76. The minimum atomic E-state index is 0.758. The Bertz CT molecular complexity index is 380. The van der Waals surface area contributed by atoms with Crippen LogP contribution in [0, 0.1) is 6.92 Å². The van der Waals surface area contributed by atoms with Gasteiger partial charge in [-0.25, -0.2) is 0 Å². The van der Waals surface area contributed by atoms with Crippen molar-refractivity contribution in [2.45, 2.75) is 6.92 Å². The average molecular weight is 198 g/mol. The molecule has 0 N–H and O–H groups in total. The van der Waals surface area contributed by atoms with Crippen LogP contribution in [0.4, 0.5) is 0 Å². The molecule has 0 heterocycles. The van der Waals surface area contributed by atoms with Crippen LogP contribution in [0.1, 0.15) is 11.1 Å². The molecule has 0 saturated heterocycles. The molecule has 0 saturated carbocycles. The van der Waals surface area contributed by atoms with Crippen LogP contribution >= 0.6 is 0 Å². The Hall–Kier alpha value is -1.89. The van der Waals surface area contributed by atoms with E-state index in [4.69, 9.17) is 0 Å². The summed E-state index contributed by atoms with van der Waals surface area (Å²) in [6, 6.07) is 8.30. The largest absolute Gasteiger partial charge is 0.299 e. The van der Waals surface area contributed by atoms with E-state index < -0.39 is 0 Å². The highest BCUT2D eigenvalue weighted by atomic mass is 16.1. The molecule has 0 fully saturated rings. The second kappa shape index (κ2) is 6.55. The molecule has 0 aliphatic rings. The Balaban J connectivity index is 2.51. The van der Waals surface area contributed by atoms with Gasteiger partial charge in [-0.1, -0.05) is 60.2 Å². The SMILES string of the molecule is Cc1ccc(C=CC=CC=CC=O)cc1. The fraction of sp³-hybridized carbons (Fsp3) is 0.0714. The van der Waals surface area contributed by atoms with Crippen molar-refractivity contribution in [3.05, 3.63) is 65.8 Å². The van der Waals surface area contributed by atoms with Gasteiger partial charge in [-0.05, 0) is 18.6 Å². The number of carbonyl (C=O) groups excluding carboxylic acids is 1. The van der Waals surface area contributed by atoms with Gasteiger partial charge in [0.05, 0.1) is 0 Å². The van der Waals surface area contributed by atoms with Crippen LogP contribution in [0.15, 0.2) is 54.6 Å². The molecule has 0 atom stereocenters. The summed E-state index contributed by atoms with van der Waals surface area (Å²) in [5, 5.41) is 0. The van der Waals surface area contributed by atoms with Crippen molar-refractivity contribution in [3.8, 4) is 0 Å². The van der Waals surface area contributed by atoms with E-state index >= 15 is 0 Å². The molecular formula is C14H14O. The number of carbonyl (C=O) groups is 1. The predicted molar refractivity (Wildman–Crippen MR) is 64.6 cm³/mol. The molecular weight excluding hydrogens is 184 g/mol. The maximum atomic E-state index is 9.95. The van der Waals surface area contributed by atoms with Gasteiger partial charge in [0.1, 0.15) is 6.29 Å². The zero-order valence-electron chi connectivity index (χ0n) is 8.76. The first-order chi connectivity index (χ1) is 7.33. The first kappa shape index (κ1) is 11.2.